The summed E-state index contributed by atoms with van der Waals surface area (Å²) in [5.74, 6) is -1.80. The standard InChI is InChI=1S/C17H14ClF2N3OS/c1-9-16(18)10(2)23(22-9)7-11-5-15(25-8-11)17(24)21-14-6-12(19)3-4-13(14)20/h3-6,8H,7H2,1-2H3,(H,21,24). The third-order valence-corrected chi connectivity index (χ3v) is 5.20. The highest BCUT2D eigenvalue weighted by Gasteiger charge is 2.14. The first-order chi connectivity index (χ1) is 11.8. The molecule has 4 nitrogen and oxygen atoms in total. The van der Waals surface area contributed by atoms with Crippen molar-refractivity contribution in [3.05, 3.63) is 68.1 Å². The molecule has 2 heterocycles. The molecule has 0 atom stereocenters. The van der Waals surface area contributed by atoms with Gasteiger partial charge >= 0.3 is 0 Å². The van der Waals surface area contributed by atoms with Crippen molar-refractivity contribution >= 4 is 34.5 Å². The summed E-state index contributed by atoms with van der Waals surface area (Å²) in [6.45, 7) is 4.17. The van der Waals surface area contributed by atoms with Crippen LogP contribution in [-0.2, 0) is 6.54 Å². The van der Waals surface area contributed by atoms with Gasteiger partial charge in [-0.05, 0) is 43.0 Å². The highest BCUT2D eigenvalue weighted by Crippen LogP contribution is 2.23. The van der Waals surface area contributed by atoms with E-state index in [1.165, 1.54) is 11.3 Å². The molecular formula is C17H14ClF2N3OS. The van der Waals surface area contributed by atoms with E-state index < -0.39 is 17.5 Å². The summed E-state index contributed by atoms with van der Waals surface area (Å²) in [6, 6.07) is 4.60. The molecule has 0 aliphatic carbocycles. The third kappa shape index (κ3) is 3.72. The van der Waals surface area contributed by atoms with E-state index in [1.807, 2.05) is 19.2 Å². The molecule has 3 rings (SSSR count). The van der Waals surface area contributed by atoms with Gasteiger partial charge in [0.15, 0.2) is 0 Å². The molecule has 0 saturated heterocycles. The highest BCUT2D eigenvalue weighted by molar-refractivity contribution is 7.12. The fraction of sp³-hybridized carbons (Fsp3) is 0.176. The Morgan fingerprint density at radius 2 is 2.08 bits per heavy atom. The van der Waals surface area contributed by atoms with Crippen molar-refractivity contribution < 1.29 is 13.6 Å². The second kappa shape index (κ2) is 6.93. The zero-order valence-corrected chi connectivity index (χ0v) is 15.0. The summed E-state index contributed by atoms with van der Waals surface area (Å²) in [5, 5.41) is 9.17. The monoisotopic (exact) mass is 381 g/mol. The molecule has 0 unspecified atom stereocenters. The minimum absolute atomic E-state index is 0.190. The van der Waals surface area contributed by atoms with Gasteiger partial charge in [0, 0.05) is 6.07 Å². The average Bonchev–Trinajstić information content (AvgIpc) is 3.13. The van der Waals surface area contributed by atoms with Gasteiger partial charge < -0.3 is 5.32 Å². The van der Waals surface area contributed by atoms with Crippen LogP contribution in [0, 0.1) is 25.5 Å². The molecule has 0 saturated carbocycles. The van der Waals surface area contributed by atoms with Crippen molar-refractivity contribution in [1.29, 1.82) is 0 Å². The summed E-state index contributed by atoms with van der Waals surface area (Å²) < 4.78 is 28.6. The molecule has 1 N–H and O–H groups in total. The number of thiophene rings is 1. The lowest BCUT2D eigenvalue weighted by Crippen LogP contribution is -2.11. The van der Waals surface area contributed by atoms with Gasteiger partial charge in [-0.1, -0.05) is 11.6 Å². The van der Waals surface area contributed by atoms with Crippen molar-refractivity contribution in [3.63, 3.8) is 0 Å². The second-order valence-electron chi connectivity index (χ2n) is 5.54. The summed E-state index contributed by atoms with van der Waals surface area (Å²) in [5.41, 5.74) is 2.27. The molecule has 0 fully saturated rings. The number of aromatic nitrogens is 2. The molecule has 1 aromatic carbocycles. The number of nitrogens with one attached hydrogen (secondary N) is 1. The quantitative estimate of drug-likeness (QED) is 0.706. The number of carbonyl (C=O) groups excluding carboxylic acids is 1. The number of benzene rings is 1. The Bertz CT molecular complexity index is 952. The molecule has 0 aliphatic rings. The molecule has 1 amide bonds. The number of anilines is 1. The van der Waals surface area contributed by atoms with Crippen molar-refractivity contribution in [2.24, 2.45) is 0 Å². The topological polar surface area (TPSA) is 46.9 Å². The Kier molecular flexibility index (Phi) is 4.87. The highest BCUT2D eigenvalue weighted by atomic mass is 35.5. The number of hydrogen-bond acceptors (Lipinski definition) is 3. The van der Waals surface area contributed by atoms with Crippen LogP contribution in [0.2, 0.25) is 5.02 Å². The summed E-state index contributed by atoms with van der Waals surface area (Å²) in [4.78, 5) is 12.6. The predicted molar refractivity (Wildman–Crippen MR) is 94.4 cm³/mol. The maximum absolute atomic E-state index is 13.6. The van der Waals surface area contributed by atoms with Gasteiger partial charge in [-0.25, -0.2) is 8.78 Å². The number of nitrogens with zero attached hydrogens (tertiary/aromatic N) is 2. The van der Waals surface area contributed by atoms with Crippen molar-refractivity contribution in [3.8, 4) is 0 Å². The van der Waals surface area contributed by atoms with Gasteiger partial charge in [-0.2, -0.15) is 5.10 Å². The molecule has 0 spiro atoms. The number of amides is 1. The van der Waals surface area contributed by atoms with Gasteiger partial charge in [-0.15, -0.1) is 11.3 Å². The molecule has 2 aromatic heterocycles. The van der Waals surface area contributed by atoms with Gasteiger partial charge in [0.2, 0.25) is 0 Å². The maximum atomic E-state index is 13.6. The normalized spacial score (nSPS) is 10.9. The van der Waals surface area contributed by atoms with Gasteiger partial charge in [0.05, 0.1) is 33.5 Å². The van der Waals surface area contributed by atoms with Crippen LogP contribution in [0.25, 0.3) is 0 Å². The lowest BCUT2D eigenvalue weighted by Gasteiger charge is -2.05. The Morgan fingerprint density at radius 3 is 2.76 bits per heavy atom. The van der Waals surface area contributed by atoms with Crippen LogP contribution >= 0.6 is 22.9 Å². The molecule has 130 valence electrons. The van der Waals surface area contributed by atoms with Crippen LogP contribution in [0.15, 0.2) is 29.6 Å². The SMILES string of the molecule is Cc1nn(Cc2csc(C(=O)Nc3cc(F)ccc3F)c2)c(C)c1Cl. The van der Waals surface area contributed by atoms with E-state index >= 15 is 0 Å². The smallest absolute Gasteiger partial charge is 0.265 e. The summed E-state index contributed by atoms with van der Waals surface area (Å²) in [7, 11) is 0. The molecule has 0 radical (unpaired) electrons. The number of rotatable bonds is 4. The fourth-order valence-electron chi connectivity index (χ4n) is 2.36. The van der Waals surface area contributed by atoms with Crippen molar-refractivity contribution in [1.82, 2.24) is 9.78 Å². The van der Waals surface area contributed by atoms with E-state index in [0.29, 0.717) is 16.4 Å². The molecule has 8 heteroatoms. The van der Waals surface area contributed by atoms with E-state index in [2.05, 4.69) is 10.4 Å². The zero-order valence-electron chi connectivity index (χ0n) is 13.4. The Labute approximate surface area is 152 Å². The van der Waals surface area contributed by atoms with Crippen LogP contribution in [0.3, 0.4) is 0 Å². The van der Waals surface area contributed by atoms with Gasteiger partial charge in [-0.3, -0.25) is 9.48 Å². The summed E-state index contributed by atoms with van der Waals surface area (Å²) in [6.07, 6.45) is 0. The average molecular weight is 382 g/mol. The minimum Gasteiger partial charge on any atom is -0.319 e. The molecule has 25 heavy (non-hydrogen) atoms. The first kappa shape index (κ1) is 17.6. The van der Waals surface area contributed by atoms with E-state index in [9.17, 15) is 13.6 Å². The lowest BCUT2D eigenvalue weighted by atomic mass is 10.2. The van der Waals surface area contributed by atoms with Crippen molar-refractivity contribution in [2.75, 3.05) is 5.32 Å². The zero-order chi connectivity index (χ0) is 18.1. The van der Waals surface area contributed by atoms with Gasteiger partial charge in [0.25, 0.3) is 5.91 Å². The Balaban J connectivity index is 1.75. The van der Waals surface area contributed by atoms with Crippen molar-refractivity contribution in [2.45, 2.75) is 20.4 Å². The molecular weight excluding hydrogens is 368 g/mol. The first-order valence-electron chi connectivity index (χ1n) is 7.38. The fourth-order valence-corrected chi connectivity index (χ4v) is 3.29. The van der Waals surface area contributed by atoms with Crippen LogP contribution in [0.4, 0.5) is 14.5 Å². The van der Waals surface area contributed by atoms with Crippen LogP contribution in [-0.4, -0.2) is 15.7 Å². The van der Waals surface area contributed by atoms with E-state index in [1.54, 1.807) is 10.7 Å². The Hall–Kier alpha value is -2.25. The summed E-state index contributed by atoms with van der Waals surface area (Å²) >= 11 is 7.35. The number of hydrogen-bond donors (Lipinski definition) is 1. The minimum atomic E-state index is -0.691. The lowest BCUT2D eigenvalue weighted by molar-refractivity contribution is 0.103. The molecule has 0 bridgehead atoms. The molecule has 3 aromatic rings. The number of halogens is 3. The number of carbonyl (C=O) groups is 1. The van der Waals surface area contributed by atoms with E-state index in [4.69, 9.17) is 11.6 Å². The third-order valence-electron chi connectivity index (χ3n) is 3.68. The van der Waals surface area contributed by atoms with E-state index in [0.717, 1.165) is 35.2 Å². The Morgan fingerprint density at radius 1 is 1.32 bits per heavy atom. The largest absolute Gasteiger partial charge is 0.319 e. The predicted octanol–water partition coefficient (Wildman–Crippen LogP) is 4.79. The second-order valence-corrected chi connectivity index (χ2v) is 6.83. The van der Waals surface area contributed by atoms with E-state index in [-0.39, 0.29) is 5.69 Å². The van der Waals surface area contributed by atoms with Crippen LogP contribution in [0.1, 0.15) is 26.6 Å². The van der Waals surface area contributed by atoms with Gasteiger partial charge in [0.1, 0.15) is 11.6 Å². The maximum Gasteiger partial charge on any atom is 0.265 e. The van der Waals surface area contributed by atoms with Crippen LogP contribution < -0.4 is 5.32 Å². The van der Waals surface area contributed by atoms with Crippen LogP contribution in [0.5, 0.6) is 0 Å². The molecule has 0 aliphatic heterocycles. The number of aryl methyl sites for hydroxylation is 1. The first-order valence-corrected chi connectivity index (χ1v) is 8.64.